The van der Waals surface area contributed by atoms with Crippen LogP contribution < -0.4 is 9.64 Å². The normalized spacial score (nSPS) is 23.0. The maximum absolute atomic E-state index is 16.8. The summed E-state index contributed by atoms with van der Waals surface area (Å²) < 4.78 is 63.7. The molecule has 0 saturated carbocycles. The van der Waals surface area contributed by atoms with Crippen LogP contribution in [0.15, 0.2) is 30.5 Å². The minimum Gasteiger partial charge on any atom is -0.508 e. The number of ether oxygens (including phenoxy) is 3. The lowest BCUT2D eigenvalue weighted by Crippen LogP contribution is -2.43. The van der Waals surface area contributed by atoms with Crippen molar-refractivity contribution >= 4 is 27.5 Å². The molecule has 5 heterocycles. The van der Waals surface area contributed by atoms with Gasteiger partial charge in [0.05, 0.1) is 17.5 Å². The number of hydrogen-bond acceptors (Lipinski definition) is 9. The molecule has 45 heavy (non-hydrogen) atoms. The van der Waals surface area contributed by atoms with Gasteiger partial charge >= 0.3 is 6.01 Å². The maximum Gasteiger partial charge on any atom is 0.319 e. The molecule has 0 amide bonds. The Hall–Kier alpha value is -3.74. The number of benzene rings is 2. The van der Waals surface area contributed by atoms with Crippen LogP contribution in [0.2, 0.25) is 0 Å². The summed E-state index contributed by atoms with van der Waals surface area (Å²) in [5.74, 6) is -1.74. The van der Waals surface area contributed by atoms with E-state index in [0.29, 0.717) is 66.4 Å². The molecule has 3 fully saturated rings. The number of rotatable bonds is 8. The molecule has 3 aliphatic rings. The fourth-order valence-electron chi connectivity index (χ4n) is 7.55. The number of aromatic nitrogens is 3. The summed E-state index contributed by atoms with van der Waals surface area (Å²) in [5.41, 5.74) is 0.0829. The maximum atomic E-state index is 16.8. The second-order valence-electron chi connectivity index (χ2n) is 12.3. The lowest BCUT2D eigenvalue weighted by molar-refractivity contribution is -0.189. The molecule has 1 N–H and O–H groups in total. The highest BCUT2D eigenvalue weighted by Crippen LogP contribution is 2.42. The predicted octanol–water partition coefficient (Wildman–Crippen LogP) is 5.55. The van der Waals surface area contributed by atoms with Crippen molar-refractivity contribution in [3.8, 4) is 23.0 Å². The van der Waals surface area contributed by atoms with Gasteiger partial charge in [0, 0.05) is 51.9 Å². The van der Waals surface area contributed by atoms with Crippen LogP contribution in [0.25, 0.3) is 32.9 Å². The van der Waals surface area contributed by atoms with Crippen molar-refractivity contribution in [3.05, 3.63) is 47.7 Å². The van der Waals surface area contributed by atoms with Crippen LogP contribution in [-0.2, 0) is 15.9 Å². The van der Waals surface area contributed by atoms with Gasteiger partial charge in [0.1, 0.15) is 41.4 Å². The lowest BCUT2D eigenvalue weighted by atomic mass is 9.94. The van der Waals surface area contributed by atoms with Crippen LogP contribution >= 0.6 is 0 Å². The first-order chi connectivity index (χ1) is 21.7. The molecule has 0 radical (unpaired) electrons. The molecule has 2 aromatic carbocycles. The number of fused-ring (bicyclic) bond motifs is 3. The molecule has 0 spiro atoms. The van der Waals surface area contributed by atoms with E-state index in [4.69, 9.17) is 19.2 Å². The predicted molar refractivity (Wildman–Crippen MR) is 163 cm³/mol. The van der Waals surface area contributed by atoms with Gasteiger partial charge in [-0.05, 0) is 60.3 Å². The van der Waals surface area contributed by atoms with E-state index in [-0.39, 0.29) is 35.1 Å². The Bertz CT molecular complexity index is 1790. The van der Waals surface area contributed by atoms with Crippen LogP contribution in [0.5, 0.6) is 11.8 Å². The van der Waals surface area contributed by atoms with Gasteiger partial charge < -0.3 is 24.2 Å². The number of hydrogen-bond donors (Lipinski definition) is 1. The smallest absolute Gasteiger partial charge is 0.319 e. The number of nitrogens with zero attached hydrogens (tertiary/aromatic N) is 5. The molecule has 2 atom stereocenters. The Kier molecular flexibility index (Phi) is 7.49. The van der Waals surface area contributed by atoms with Crippen LogP contribution in [0.1, 0.15) is 38.2 Å². The highest BCUT2D eigenvalue weighted by molar-refractivity contribution is 6.01. The van der Waals surface area contributed by atoms with Gasteiger partial charge in [-0.3, -0.25) is 9.88 Å². The lowest BCUT2D eigenvalue weighted by Gasteiger charge is -2.31. The average Bonchev–Trinajstić information content (AvgIpc) is 3.72. The zero-order chi connectivity index (χ0) is 31.5. The van der Waals surface area contributed by atoms with Crippen LogP contribution in [0.3, 0.4) is 0 Å². The molecular weight excluding hydrogens is 587 g/mol. The Labute approximate surface area is 258 Å². The van der Waals surface area contributed by atoms with Crippen LogP contribution in [0, 0.1) is 11.6 Å². The summed E-state index contributed by atoms with van der Waals surface area (Å²) in [6.07, 6.45) is 3.59. The summed E-state index contributed by atoms with van der Waals surface area (Å²) in [7, 11) is 3.15. The fourth-order valence-corrected chi connectivity index (χ4v) is 7.55. The summed E-state index contributed by atoms with van der Waals surface area (Å²) in [4.78, 5) is 17.8. The van der Waals surface area contributed by atoms with E-state index in [9.17, 15) is 13.9 Å². The first-order valence-electron chi connectivity index (χ1n) is 15.4. The third-order valence-electron chi connectivity index (χ3n) is 9.87. The third kappa shape index (κ3) is 4.94. The van der Waals surface area contributed by atoms with E-state index < -0.39 is 29.1 Å². The molecule has 3 aliphatic heterocycles. The molecule has 2 aromatic heterocycles. The van der Waals surface area contributed by atoms with Crippen LogP contribution in [0.4, 0.5) is 19.0 Å². The van der Waals surface area contributed by atoms with Gasteiger partial charge in [-0.2, -0.15) is 9.97 Å². The second-order valence-corrected chi connectivity index (χ2v) is 12.3. The number of aryl methyl sites for hydroxylation is 1. The number of methoxy groups -OCH3 is 2. The van der Waals surface area contributed by atoms with E-state index in [0.717, 1.165) is 19.4 Å². The van der Waals surface area contributed by atoms with Gasteiger partial charge in [-0.1, -0.05) is 13.0 Å². The molecule has 238 valence electrons. The summed E-state index contributed by atoms with van der Waals surface area (Å²) in [6.45, 7) is 4.01. The summed E-state index contributed by atoms with van der Waals surface area (Å²) >= 11 is 0. The molecular formula is C33H36F3N5O4. The molecule has 0 bridgehead atoms. The number of halogens is 3. The minimum absolute atomic E-state index is 0.0335. The number of alkyl halides is 1. The van der Waals surface area contributed by atoms with Gasteiger partial charge in [0.25, 0.3) is 0 Å². The third-order valence-corrected chi connectivity index (χ3v) is 9.87. The van der Waals surface area contributed by atoms with E-state index in [1.807, 2.05) is 11.8 Å². The number of pyridine rings is 1. The molecule has 4 aromatic rings. The van der Waals surface area contributed by atoms with E-state index >= 15 is 4.39 Å². The molecule has 7 rings (SSSR count). The van der Waals surface area contributed by atoms with Crippen LogP contribution in [-0.4, -0.2) is 89.5 Å². The van der Waals surface area contributed by atoms with Gasteiger partial charge in [0.15, 0.2) is 11.6 Å². The Morgan fingerprint density at radius 2 is 1.91 bits per heavy atom. The van der Waals surface area contributed by atoms with Gasteiger partial charge in [0.2, 0.25) is 0 Å². The topological polar surface area (TPSA) is 93.1 Å². The second kappa shape index (κ2) is 11.3. The van der Waals surface area contributed by atoms with Gasteiger partial charge in [-0.15, -0.1) is 0 Å². The number of phenols is 1. The average molecular weight is 624 g/mol. The van der Waals surface area contributed by atoms with Crippen molar-refractivity contribution in [2.75, 3.05) is 51.9 Å². The van der Waals surface area contributed by atoms with E-state index in [1.165, 1.54) is 24.4 Å². The molecule has 3 saturated heterocycles. The first kappa shape index (κ1) is 29.9. The molecule has 0 unspecified atom stereocenters. The van der Waals surface area contributed by atoms with Crippen molar-refractivity contribution in [1.82, 2.24) is 19.9 Å². The highest BCUT2D eigenvalue weighted by atomic mass is 19.1. The first-order valence-corrected chi connectivity index (χ1v) is 15.4. The molecule has 12 heteroatoms. The Morgan fingerprint density at radius 1 is 1.09 bits per heavy atom. The Morgan fingerprint density at radius 3 is 2.67 bits per heavy atom. The monoisotopic (exact) mass is 623 g/mol. The quantitative estimate of drug-likeness (QED) is 0.254. The van der Waals surface area contributed by atoms with Gasteiger partial charge in [-0.25, -0.2) is 13.2 Å². The highest BCUT2D eigenvalue weighted by Gasteiger charge is 2.49. The fraction of sp³-hybridized carbons (Fsp3) is 0.485. The zero-order valence-corrected chi connectivity index (χ0v) is 25.6. The molecule has 0 aliphatic carbocycles. The number of anilines is 1. The van der Waals surface area contributed by atoms with Crippen molar-refractivity contribution in [1.29, 1.82) is 0 Å². The largest absolute Gasteiger partial charge is 0.508 e. The van der Waals surface area contributed by atoms with E-state index in [1.54, 1.807) is 20.3 Å². The SMILES string of the molecule is CCc1c(F)ccc2cc(O)cc(-c3ncc4c(N5CCC(OC)(OC)C5)nc(OC[C@@]56CCCN5C[C@H](F)C6)nc4c3F)c12. The van der Waals surface area contributed by atoms with Crippen molar-refractivity contribution in [3.63, 3.8) is 0 Å². The summed E-state index contributed by atoms with van der Waals surface area (Å²) in [6, 6.07) is 5.77. The van der Waals surface area contributed by atoms with E-state index in [2.05, 4.69) is 14.9 Å². The zero-order valence-electron chi connectivity index (χ0n) is 25.6. The van der Waals surface area contributed by atoms with Crippen molar-refractivity contribution in [2.45, 2.75) is 56.5 Å². The summed E-state index contributed by atoms with van der Waals surface area (Å²) in [5, 5.41) is 11.9. The molecule has 9 nitrogen and oxygen atoms in total. The minimum atomic E-state index is -0.927. The Balaban J connectivity index is 1.37. The standard InChI is InChI=1S/C33H36F3N5O4/c1-4-22-25(35)7-6-19-12-21(42)13-23(26(19)22)28-27(36)29-24(15-37-28)30(40-11-9-33(17-40,43-2)44-3)39-31(38-29)45-18-32-8-5-10-41(32)16-20(34)14-32/h6-7,12-13,15,20,42H,4-5,8-11,14,16-18H2,1-3H3/t20-,32+/m1/s1. The number of phenolic OH excluding ortho intramolecular Hbond substituents is 1. The number of aromatic hydroxyl groups is 1. The van der Waals surface area contributed by atoms with Crippen molar-refractivity contribution in [2.24, 2.45) is 0 Å². The van der Waals surface area contributed by atoms with Crippen molar-refractivity contribution < 1.29 is 32.5 Å².